The van der Waals surface area contributed by atoms with E-state index in [1.54, 1.807) is 19.1 Å². The fourth-order valence-electron chi connectivity index (χ4n) is 3.19. The minimum absolute atomic E-state index is 0.0248. The van der Waals surface area contributed by atoms with Crippen LogP contribution in [0.25, 0.3) is 0 Å². The molecule has 26 heavy (non-hydrogen) atoms. The van der Waals surface area contributed by atoms with Crippen LogP contribution in [0.4, 0.5) is 18.0 Å². The first-order valence-corrected chi connectivity index (χ1v) is 10.3. The Morgan fingerprint density at radius 3 is 2.27 bits per heavy atom. The van der Waals surface area contributed by atoms with Crippen LogP contribution in [-0.2, 0) is 9.84 Å². The highest BCUT2D eigenvalue weighted by Crippen LogP contribution is 2.37. The van der Waals surface area contributed by atoms with Crippen molar-refractivity contribution in [2.24, 2.45) is 5.92 Å². The normalized spacial score (nSPS) is 22.5. The lowest BCUT2D eigenvalue weighted by Gasteiger charge is -2.33. The summed E-state index contributed by atoms with van der Waals surface area (Å²) in [6.07, 6.45) is -1.75. The summed E-state index contributed by atoms with van der Waals surface area (Å²) >= 11 is 0. The standard InChI is InChI=1S/C17H23F3N2O3S/c1-11(12-7-9-13(10-8-12)26(2,24)25)21-16(23)22-15-6-4-3-5-14(15)17(18,19)20/h7-11,14-15H,3-6H2,1-2H3,(H2,21,22,23)/t11-,14+,15+/m0/s1. The van der Waals surface area contributed by atoms with Crippen LogP contribution in [-0.4, -0.2) is 32.9 Å². The summed E-state index contributed by atoms with van der Waals surface area (Å²) < 4.78 is 62.2. The van der Waals surface area contributed by atoms with Crippen LogP contribution < -0.4 is 10.6 Å². The number of alkyl halides is 3. The zero-order chi connectivity index (χ0) is 19.5. The van der Waals surface area contributed by atoms with Crippen LogP contribution >= 0.6 is 0 Å². The number of carbonyl (C=O) groups is 1. The largest absolute Gasteiger partial charge is 0.393 e. The maximum atomic E-state index is 13.1. The molecule has 0 unspecified atom stereocenters. The molecule has 1 saturated carbocycles. The first kappa shape index (κ1) is 20.5. The van der Waals surface area contributed by atoms with E-state index in [1.165, 1.54) is 12.1 Å². The molecule has 0 aromatic heterocycles. The van der Waals surface area contributed by atoms with Gasteiger partial charge in [0.25, 0.3) is 0 Å². The lowest BCUT2D eigenvalue weighted by atomic mass is 9.84. The Kier molecular flexibility index (Phi) is 6.21. The van der Waals surface area contributed by atoms with Crippen LogP contribution in [0.3, 0.4) is 0 Å². The summed E-state index contributed by atoms with van der Waals surface area (Å²) in [6, 6.07) is 3.94. The molecule has 0 spiro atoms. The SMILES string of the molecule is C[C@H](NC(=O)N[C@@H]1CCCC[C@H]1C(F)(F)F)c1ccc(S(C)(=O)=O)cc1. The van der Waals surface area contributed by atoms with Gasteiger partial charge in [0.1, 0.15) is 0 Å². The van der Waals surface area contributed by atoms with Crippen molar-refractivity contribution in [2.75, 3.05) is 6.26 Å². The highest BCUT2D eigenvalue weighted by atomic mass is 32.2. The number of halogens is 3. The summed E-state index contributed by atoms with van der Waals surface area (Å²) in [6.45, 7) is 1.68. The monoisotopic (exact) mass is 392 g/mol. The topological polar surface area (TPSA) is 75.3 Å². The summed E-state index contributed by atoms with van der Waals surface area (Å²) in [5.74, 6) is -1.52. The van der Waals surface area contributed by atoms with Crippen molar-refractivity contribution in [3.63, 3.8) is 0 Å². The van der Waals surface area contributed by atoms with Crippen molar-refractivity contribution >= 4 is 15.9 Å². The van der Waals surface area contributed by atoms with Gasteiger partial charge in [-0.1, -0.05) is 25.0 Å². The molecule has 1 aliphatic rings. The van der Waals surface area contributed by atoms with Gasteiger partial charge in [-0.3, -0.25) is 0 Å². The highest BCUT2D eigenvalue weighted by molar-refractivity contribution is 7.90. The predicted molar refractivity (Wildman–Crippen MR) is 91.4 cm³/mol. The number of benzene rings is 1. The molecule has 0 aliphatic heterocycles. The molecular weight excluding hydrogens is 369 g/mol. The number of urea groups is 1. The van der Waals surface area contributed by atoms with Crippen LogP contribution in [0, 0.1) is 5.92 Å². The van der Waals surface area contributed by atoms with Gasteiger partial charge in [-0.25, -0.2) is 13.2 Å². The molecule has 2 rings (SSSR count). The molecule has 9 heteroatoms. The minimum Gasteiger partial charge on any atom is -0.335 e. The van der Waals surface area contributed by atoms with Crippen molar-refractivity contribution in [3.8, 4) is 0 Å². The van der Waals surface area contributed by atoms with Gasteiger partial charge in [0.05, 0.1) is 16.9 Å². The molecule has 1 aliphatic carbocycles. The van der Waals surface area contributed by atoms with Gasteiger partial charge in [-0.05, 0) is 37.5 Å². The van der Waals surface area contributed by atoms with E-state index in [4.69, 9.17) is 0 Å². The lowest BCUT2D eigenvalue weighted by molar-refractivity contribution is -0.187. The summed E-state index contributed by atoms with van der Waals surface area (Å²) in [7, 11) is -3.31. The van der Waals surface area contributed by atoms with Gasteiger partial charge >= 0.3 is 12.2 Å². The molecule has 3 atom stereocenters. The average molecular weight is 392 g/mol. The van der Waals surface area contributed by atoms with Gasteiger partial charge in [0.2, 0.25) is 0 Å². The highest BCUT2D eigenvalue weighted by Gasteiger charge is 2.46. The van der Waals surface area contributed by atoms with Crippen molar-refractivity contribution in [1.29, 1.82) is 0 Å². The molecule has 2 N–H and O–H groups in total. The molecular formula is C17H23F3N2O3S. The van der Waals surface area contributed by atoms with Crippen LogP contribution in [0.2, 0.25) is 0 Å². The zero-order valence-electron chi connectivity index (χ0n) is 14.6. The van der Waals surface area contributed by atoms with Crippen LogP contribution in [0.5, 0.6) is 0 Å². The molecule has 146 valence electrons. The van der Waals surface area contributed by atoms with E-state index in [-0.39, 0.29) is 11.3 Å². The van der Waals surface area contributed by atoms with Crippen molar-refractivity contribution in [2.45, 2.75) is 55.8 Å². The number of hydrogen-bond donors (Lipinski definition) is 2. The van der Waals surface area contributed by atoms with Crippen LogP contribution in [0.15, 0.2) is 29.2 Å². The molecule has 0 heterocycles. The molecule has 1 aromatic carbocycles. The molecule has 0 bridgehead atoms. The van der Waals surface area contributed by atoms with E-state index in [9.17, 15) is 26.4 Å². The molecule has 0 saturated heterocycles. The molecule has 5 nitrogen and oxygen atoms in total. The summed E-state index contributed by atoms with van der Waals surface area (Å²) in [5, 5.41) is 5.05. The van der Waals surface area contributed by atoms with Gasteiger partial charge in [0.15, 0.2) is 9.84 Å². The number of sulfone groups is 1. The Balaban J connectivity index is 1.98. The molecule has 0 radical (unpaired) electrons. The Bertz CT molecular complexity index is 733. The average Bonchev–Trinajstić information content (AvgIpc) is 2.53. The van der Waals surface area contributed by atoms with Crippen molar-refractivity contribution < 1.29 is 26.4 Å². The van der Waals surface area contributed by atoms with Gasteiger partial charge in [0, 0.05) is 12.3 Å². The first-order valence-electron chi connectivity index (χ1n) is 8.42. The third-order valence-electron chi connectivity index (χ3n) is 4.66. The molecule has 2 amide bonds. The Hall–Kier alpha value is -1.77. The quantitative estimate of drug-likeness (QED) is 0.823. The number of rotatable bonds is 4. The second kappa shape index (κ2) is 7.85. The van der Waals surface area contributed by atoms with Crippen molar-refractivity contribution in [3.05, 3.63) is 29.8 Å². The lowest BCUT2D eigenvalue weighted by Crippen LogP contribution is -2.51. The third-order valence-corrected chi connectivity index (χ3v) is 5.79. The number of hydrogen-bond acceptors (Lipinski definition) is 3. The second-order valence-electron chi connectivity index (χ2n) is 6.72. The van der Waals surface area contributed by atoms with E-state index in [0.29, 0.717) is 24.8 Å². The molecule has 1 fully saturated rings. The zero-order valence-corrected chi connectivity index (χ0v) is 15.5. The number of amides is 2. The maximum absolute atomic E-state index is 13.1. The van der Waals surface area contributed by atoms with Crippen molar-refractivity contribution in [1.82, 2.24) is 10.6 Å². The van der Waals surface area contributed by atoms with Gasteiger partial charge in [-0.15, -0.1) is 0 Å². The predicted octanol–water partition coefficient (Wildman–Crippen LogP) is 3.57. The van der Waals surface area contributed by atoms with E-state index in [2.05, 4.69) is 10.6 Å². The van der Waals surface area contributed by atoms with E-state index < -0.39 is 40.0 Å². The summed E-state index contributed by atoms with van der Waals surface area (Å²) in [5.41, 5.74) is 0.656. The van der Waals surface area contributed by atoms with E-state index in [0.717, 1.165) is 6.26 Å². The third kappa shape index (κ3) is 5.36. The van der Waals surface area contributed by atoms with E-state index in [1.807, 2.05) is 0 Å². The number of nitrogens with one attached hydrogen (secondary N) is 2. The smallest absolute Gasteiger partial charge is 0.335 e. The maximum Gasteiger partial charge on any atom is 0.393 e. The number of carbonyl (C=O) groups excluding carboxylic acids is 1. The molecule has 1 aromatic rings. The Morgan fingerprint density at radius 2 is 1.73 bits per heavy atom. The first-order chi connectivity index (χ1) is 12.0. The van der Waals surface area contributed by atoms with Gasteiger partial charge in [-0.2, -0.15) is 13.2 Å². The van der Waals surface area contributed by atoms with E-state index >= 15 is 0 Å². The fourth-order valence-corrected chi connectivity index (χ4v) is 3.82. The summed E-state index contributed by atoms with van der Waals surface area (Å²) in [4.78, 5) is 12.3. The Labute approximate surface area is 151 Å². The minimum atomic E-state index is -4.33. The Morgan fingerprint density at radius 1 is 1.15 bits per heavy atom. The second-order valence-corrected chi connectivity index (χ2v) is 8.74. The van der Waals surface area contributed by atoms with Gasteiger partial charge < -0.3 is 10.6 Å². The van der Waals surface area contributed by atoms with Crippen LogP contribution in [0.1, 0.15) is 44.2 Å². The fraction of sp³-hybridized carbons (Fsp3) is 0.588.